The van der Waals surface area contributed by atoms with E-state index in [1.165, 1.54) is 12.1 Å². The van der Waals surface area contributed by atoms with Crippen LogP contribution in [0.25, 0.3) is 11.1 Å². The molecule has 0 bridgehead atoms. The number of halogens is 2. The van der Waals surface area contributed by atoms with Gasteiger partial charge in [0.05, 0.1) is 0 Å². The van der Waals surface area contributed by atoms with E-state index in [9.17, 15) is 8.78 Å². The minimum Gasteiger partial charge on any atom is -0.435 e. The average molecular weight is 245 g/mol. The highest BCUT2D eigenvalue weighted by Gasteiger charge is 2.39. The van der Waals surface area contributed by atoms with E-state index in [2.05, 4.69) is 4.98 Å². The van der Waals surface area contributed by atoms with E-state index in [1.54, 1.807) is 42.5 Å². The normalized spacial score (nSPS) is 11.9. The maximum Gasteiger partial charge on any atom is 0.347 e. The van der Waals surface area contributed by atoms with Crippen molar-refractivity contribution in [2.45, 2.75) is 5.92 Å². The molecule has 4 heteroatoms. The molecule has 0 fully saturated rings. The third-order valence-electron chi connectivity index (χ3n) is 2.70. The fraction of sp³-hybridized carbons (Fsp3) is 0.0714. The first-order valence-corrected chi connectivity index (χ1v) is 5.47. The molecule has 0 aliphatic heterocycles. The molecule has 0 N–H and O–H groups in total. The molecule has 1 aromatic heterocycles. The van der Waals surface area contributed by atoms with Crippen molar-refractivity contribution in [3.8, 4) is 0 Å². The number of para-hydroxylation sites is 2. The molecule has 0 aliphatic rings. The number of nitrogens with zero attached hydrogens (tertiary/aromatic N) is 1. The summed E-state index contributed by atoms with van der Waals surface area (Å²) >= 11 is 0. The summed E-state index contributed by atoms with van der Waals surface area (Å²) < 4.78 is 33.5. The number of aromatic nitrogens is 1. The minimum atomic E-state index is -3.22. The Hall–Kier alpha value is -2.23. The summed E-state index contributed by atoms with van der Waals surface area (Å²) in [7, 11) is 0. The minimum absolute atomic E-state index is 0.128. The van der Waals surface area contributed by atoms with Gasteiger partial charge in [0.2, 0.25) is 0 Å². The fourth-order valence-electron chi connectivity index (χ4n) is 1.78. The highest BCUT2D eigenvalue weighted by atomic mass is 19.3. The highest BCUT2D eigenvalue weighted by Crippen LogP contribution is 2.36. The quantitative estimate of drug-likeness (QED) is 0.682. The Morgan fingerprint density at radius 3 is 2.28 bits per heavy atom. The molecule has 2 aromatic carbocycles. The van der Waals surface area contributed by atoms with Crippen molar-refractivity contribution in [3.63, 3.8) is 0 Å². The first-order chi connectivity index (χ1) is 8.68. The Morgan fingerprint density at radius 1 is 0.889 bits per heavy atom. The second kappa shape index (κ2) is 3.91. The Labute approximate surface area is 102 Å². The lowest BCUT2D eigenvalue weighted by Gasteiger charge is -2.11. The van der Waals surface area contributed by atoms with Gasteiger partial charge in [0.1, 0.15) is 5.52 Å². The molecule has 0 saturated heterocycles. The number of oxazole rings is 1. The molecule has 2 nitrogen and oxygen atoms in total. The van der Waals surface area contributed by atoms with Gasteiger partial charge in [-0.3, -0.25) is 0 Å². The van der Waals surface area contributed by atoms with Crippen LogP contribution in [0.2, 0.25) is 0 Å². The summed E-state index contributed by atoms with van der Waals surface area (Å²) in [5, 5.41) is 0. The lowest BCUT2D eigenvalue weighted by Crippen LogP contribution is -2.15. The largest absolute Gasteiger partial charge is 0.435 e. The van der Waals surface area contributed by atoms with Crippen LogP contribution in [0.4, 0.5) is 8.78 Å². The number of rotatable bonds is 2. The Balaban J connectivity index is 2.13. The average Bonchev–Trinajstić information content (AvgIpc) is 2.84. The van der Waals surface area contributed by atoms with E-state index in [1.807, 2.05) is 0 Å². The van der Waals surface area contributed by atoms with Gasteiger partial charge in [0.15, 0.2) is 5.58 Å². The van der Waals surface area contributed by atoms with E-state index in [4.69, 9.17) is 4.42 Å². The Bertz CT molecular complexity index is 643. The zero-order valence-corrected chi connectivity index (χ0v) is 9.31. The van der Waals surface area contributed by atoms with Crippen molar-refractivity contribution in [2.75, 3.05) is 0 Å². The van der Waals surface area contributed by atoms with E-state index in [-0.39, 0.29) is 5.56 Å². The molecule has 0 amide bonds. The standard InChI is InChI=1S/C14H9F2NO/c15-14(16,10-6-2-1-3-7-10)13-17-11-8-4-5-9-12(11)18-13/h1-9H. The van der Waals surface area contributed by atoms with Crippen molar-refractivity contribution in [2.24, 2.45) is 0 Å². The van der Waals surface area contributed by atoms with Crippen LogP contribution < -0.4 is 0 Å². The molecule has 90 valence electrons. The van der Waals surface area contributed by atoms with Gasteiger partial charge in [0, 0.05) is 5.56 Å². The highest BCUT2D eigenvalue weighted by molar-refractivity contribution is 5.72. The summed E-state index contributed by atoms with van der Waals surface area (Å²) in [5.41, 5.74) is 0.669. The molecule has 18 heavy (non-hydrogen) atoms. The van der Waals surface area contributed by atoms with Crippen LogP contribution in [0, 0.1) is 0 Å². The molecule has 3 rings (SSSR count). The second-order valence-corrected chi connectivity index (χ2v) is 3.93. The van der Waals surface area contributed by atoms with E-state index < -0.39 is 11.8 Å². The molecule has 3 aromatic rings. The van der Waals surface area contributed by atoms with Crippen molar-refractivity contribution in [1.82, 2.24) is 4.98 Å². The summed E-state index contributed by atoms with van der Waals surface area (Å²) in [6.07, 6.45) is 0. The van der Waals surface area contributed by atoms with Gasteiger partial charge in [-0.05, 0) is 12.1 Å². The van der Waals surface area contributed by atoms with Gasteiger partial charge in [-0.1, -0.05) is 42.5 Å². The van der Waals surface area contributed by atoms with Crippen LogP contribution in [0.3, 0.4) is 0 Å². The number of hydrogen-bond acceptors (Lipinski definition) is 2. The van der Waals surface area contributed by atoms with Crippen LogP contribution in [0.5, 0.6) is 0 Å². The lowest BCUT2D eigenvalue weighted by molar-refractivity contribution is 0.0148. The maximum absolute atomic E-state index is 14.2. The first kappa shape index (κ1) is 10.9. The molecule has 0 aliphatic carbocycles. The lowest BCUT2D eigenvalue weighted by atomic mass is 10.1. The van der Waals surface area contributed by atoms with Crippen LogP contribution in [0.1, 0.15) is 11.5 Å². The molecule has 1 heterocycles. The molecular weight excluding hydrogens is 236 g/mol. The maximum atomic E-state index is 14.2. The molecule has 0 atom stereocenters. The third kappa shape index (κ3) is 1.66. The zero-order valence-electron chi connectivity index (χ0n) is 9.31. The summed E-state index contributed by atoms with van der Waals surface area (Å²) in [4.78, 5) is 3.84. The van der Waals surface area contributed by atoms with Gasteiger partial charge in [0.25, 0.3) is 5.89 Å². The van der Waals surface area contributed by atoms with Gasteiger partial charge < -0.3 is 4.42 Å². The van der Waals surface area contributed by atoms with Gasteiger partial charge in [-0.15, -0.1) is 0 Å². The molecule has 0 unspecified atom stereocenters. The summed E-state index contributed by atoms with van der Waals surface area (Å²) in [6, 6.07) is 14.2. The number of fused-ring (bicyclic) bond motifs is 1. The fourth-order valence-corrected chi connectivity index (χ4v) is 1.78. The summed E-state index contributed by atoms with van der Waals surface area (Å²) in [5.74, 6) is -3.80. The second-order valence-electron chi connectivity index (χ2n) is 3.93. The van der Waals surface area contributed by atoms with E-state index in [0.717, 1.165) is 0 Å². The van der Waals surface area contributed by atoms with Gasteiger partial charge >= 0.3 is 5.92 Å². The van der Waals surface area contributed by atoms with Crippen LogP contribution >= 0.6 is 0 Å². The predicted octanol–water partition coefficient (Wildman–Crippen LogP) is 3.97. The van der Waals surface area contributed by atoms with Crippen molar-refractivity contribution in [1.29, 1.82) is 0 Å². The van der Waals surface area contributed by atoms with Crippen molar-refractivity contribution in [3.05, 3.63) is 66.1 Å². The van der Waals surface area contributed by atoms with E-state index in [0.29, 0.717) is 11.1 Å². The van der Waals surface area contributed by atoms with Crippen LogP contribution in [-0.4, -0.2) is 4.98 Å². The topological polar surface area (TPSA) is 26.0 Å². The van der Waals surface area contributed by atoms with Gasteiger partial charge in [-0.25, -0.2) is 4.98 Å². The molecule has 0 saturated carbocycles. The summed E-state index contributed by atoms with van der Waals surface area (Å²) in [6.45, 7) is 0. The molecular formula is C14H9F2NO. The molecule has 0 radical (unpaired) electrons. The van der Waals surface area contributed by atoms with Crippen molar-refractivity contribution < 1.29 is 13.2 Å². The van der Waals surface area contributed by atoms with Crippen LogP contribution in [-0.2, 0) is 5.92 Å². The van der Waals surface area contributed by atoms with Crippen molar-refractivity contribution >= 4 is 11.1 Å². The predicted molar refractivity (Wildman–Crippen MR) is 63.4 cm³/mol. The van der Waals surface area contributed by atoms with Gasteiger partial charge in [-0.2, -0.15) is 8.78 Å². The SMILES string of the molecule is FC(F)(c1ccccc1)c1nc2ccccc2o1. The van der Waals surface area contributed by atoms with E-state index >= 15 is 0 Å². The number of hydrogen-bond donors (Lipinski definition) is 0. The smallest absolute Gasteiger partial charge is 0.347 e. The number of benzene rings is 2. The third-order valence-corrected chi connectivity index (χ3v) is 2.70. The first-order valence-electron chi connectivity index (χ1n) is 5.47. The van der Waals surface area contributed by atoms with Crippen LogP contribution in [0.15, 0.2) is 59.0 Å². The Morgan fingerprint density at radius 2 is 1.56 bits per heavy atom. The monoisotopic (exact) mass is 245 g/mol. The number of alkyl halides is 2. The zero-order chi connectivity index (χ0) is 12.6. The molecule has 0 spiro atoms. The Kier molecular flexibility index (Phi) is 2.37.